The molecule has 0 unspecified atom stereocenters. The molecule has 63 heavy (non-hydrogen) atoms. The molecule has 0 atom stereocenters. The van der Waals surface area contributed by atoms with Crippen LogP contribution in [0, 0.1) is 0 Å². The number of anilines is 3. The van der Waals surface area contributed by atoms with E-state index in [1.165, 1.54) is 55.2 Å². The van der Waals surface area contributed by atoms with E-state index in [9.17, 15) is 0 Å². The molecule has 12 aromatic rings. The van der Waals surface area contributed by atoms with Crippen molar-refractivity contribution in [1.29, 1.82) is 0 Å². The topological polar surface area (TPSA) is 21.3 Å². The monoisotopic (exact) mass is 804 g/mol. The molecule has 0 spiro atoms. The third-order valence-electron chi connectivity index (χ3n) is 12.4. The van der Waals surface area contributed by atoms with Crippen LogP contribution in [0.4, 0.5) is 17.1 Å². The number of furan rings is 1. The van der Waals surface area contributed by atoms with Crippen LogP contribution in [-0.2, 0) is 0 Å². The number of hydrogen-bond acceptors (Lipinski definition) is 2. The molecule has 0 amide bonds. The first-order valence-corrected chi connectivity index (χ1v) is 21.5. The van der Waals surface area contributed by atoms with Gasteiger partial charge < -0.3 is 13.9 Å². The number of fused-ring (bicyclic) bond motifs is 6. The minimum absolute atomic E-state index is 0.899. The van der Waals surface area contributed by atoms with Gasteiger partial charge in [-0.25, -0.2) is 0 Å². The van der Waals surface area contributed by atoms with Gasteiger partial charge in [-0.1, -0.05) is 158 Å². The zero-order valence-corrected chi connectivity index (χ0v) is 34.4. The van der Waals surface area contributed by atoms with E-state index in [1.54, 1.807) is 0 Å². The number of rotatable bonds is 8. The second-order valence-corrected chi connectivity index (χ2v) is 16.1. The largest absolute Gasteiger partial charge is 0.456 e. The van der Waals surface area contributed by atoms with E-state index in [4.69, 9.17) is 4.42 Å². The average Bonchev–Trinajstić information content (AvgIpc) is 3.90. The number of aromatic nitrogens is 1. The van der Waals surface area contributed by atoms with Gasteiger partial charge in [0.25, 0.3) is 0 Å². The zero-order valence-electron chi connectivity index (χ0n) is 34.4. The van der Waals surface area contributed by atoms with Crippen LogP contribution in [0.5, 0.6) is 0 Å². The van der Waals surface area contributed by atoms with E-state index < -0.39 is 0 Å². The molecule has 0 N–H and O–H groups in total. The van der Waals surface area contributed by atoms with Crippen molar-refractivity contribution >= 4 is 60.8 Å². The number of nitrogens with zero attached hydrogens (tertiary/aromatic N) is 2. The zero-order chi connectivity index (χ0) is 41.7. The molecular weight excluding hydrogens is 765 g/mol. The minimum Gasteiger partial charge on any atom is -0.456 e. The van der Waals surface area contributed by atoms with Crippen LogP contribution in [0.1, 0.15) is 0 Å². The third kappa shape index (κ3) is 6.55. The summed E-state index contributed by atoms with van der Waals surface area (Å²) in [5.41, 5.74) is 18.0. The fourth-order valence-corrected chi connectivity index (χ4v) is 9.25. The van der Waals surface area contributed by atoms with Gasteiger partial charge in [0.15, 0.2) is 0 Å². The molecule has 0 saturated heterocycles. The molecule has 296 valence electrons. The first-order valence-electron chi connectivity index (χ1n) is 21.5. The summed E-state index contributed by atoms with van der Waals surface area (Å²) in [7, 11) is 0. The van der Waals surface area contributed by atoms with Crippen LogP contribution in [0.3, 0.4) is 0 Å². The summed E-state index contributed by atoms with van der Waals surface area (Å²) in [6.07, 6.45) is 0. The maximum atomic E-state index is 6.25. The summed E-state index contributed by atoms with van der Waals surface area (Å²) in [4.78, 5) is 2.34. The second kappa shape index (κ2) is 15.3. The lowest BCUT2D eigenvalue weighted by Gasteiger charge is -2.26. The highest BCUT2D eigenvalue weighted by Gasteiger charge is 2.17. The van der Waals surface area contributed by atoms with Gasteiger partial charge >= 0.3 is 0 Å². The highest BCUT2D eigenvalue weighted by atomic mass is 16.3. The van der Waals surface area contributed by atoms with Crippen molar-refractivity contribution in [3.8, 4) is 50.2 Å². The Labute approximate surface area is 366 Å². The Bertz CT molecular complexity index is 3570. The van der Waals surface area contributed by atoms with Crippen molar-refractivity contribution in [2.45, 2.75) is 0 Å². The van der Waals surface area contributed by atoms with Crippen molar-refractivity contribution in [3.05, 3.63) is 243 Å². The summed E-state index contributed by atoms with van der Waals surface area (Å²) in [6.45, 7) is 0. The smallest absolute Gasteiger partial charge is 0.136 e. The van der Waals surface area contributed by atoms with E-state index in [0.717, 1.165) is 55.8 Å². The van der Waals surface area contributed by atoms with E-state index in [-0.39, 0.29) is 0 Å². The molecule has 0 bridgehead atoms. The van der Waals surface area contributed by atoms with Crippen LogP contribution in [0.15, 0.2) is 247 Å². The normalized spacial score (nSPS) is 11.5. The van der Waals surface area contributed by atoms with Crippen molar-refractivity contribution in [1.82, 2.24) is 4.57 Å². The van der Waals surface area contributed by atoms with E-state index in [2.05, 4.69) is 240 Å². The lowest BCUT2D eigenvalue weighted by atomic mass is 9.99. The molecule has 0 aliphatic carbocycles. The van der Waals surface area contributed by atoms with Gasteiger partial charge in [0.2, 0.25) is 0 Å². The number of para-hydroxylation sites is 3. The fraction of sp³-hybridized carbons (Fsp3) is 0. The van der Waals surface area contributed by atoms with E-state index in [0.29, 0.717) is 0 Å². The summed E-state index contributed by atoms with van der Waals surface area (Å²) in [5, 5.41) is 4.77. The molecule has 2 aromatic heterocycles. The predicted octanol–water partition coefficient (Wildman–Crippen LogP) is 16.8. The molecule has 0 radical (unpaired) electrons. The van der Waals surface area contributed by atoms with Gasteiger partial charge in [-0.05, 0) is 129 Å². The molecule has 0 saturated carbocycles. The van der Waals surface area contributed by atoms with Gasteiger partial charge in [0.1, 0.15) is 11.2 Å². The average molecular weight is 805 g/mol. The molecule has 12 rings (SSSR count). The van der Waals surface area contributed by atoms with Gasteiger partial charge in [-0.2, -0.15) is 0 Å². The van der Waals surface area contributed by atoms with Crippen molar-refractivity contribution in [2.24, 2.45) is 0 Å². The Kier molecular flexibility index (Phi) is 8.83. The summed E-state index contributed by atoms with van der Waals surface area (Å²) in [6, 6.07) is 87.1. The Morgan fingerprint density at radius 2 is 0.683 bits per heavy atom. The standard InChI is InChI=1S/C60H40N2O/c1-3-11-41(12-4-1)42-19-21-43(22-20-42)44-23-31-50(32-24-44)61(52-35-27-46(28-36-52)48-29-37-55-54-16-8-10-18-59(54)63-60(55)40-48)51-33-25-45(26-34-51)47-30-38-58-56(39-47)53-15-7-9-17-57(53)62(58)49-13-5-2-6-14-49/h1-40H. The second-order valence-electron chi connectivity index (χ2n) is 16.1. The van der Waals surface area contributed by atoms with Crippen molar-refractivity contribution in [3.63, 3.8) is 0 Å². The summed E-state index contributed by atoms with van der Waals surface area (Å²) >= 11 is 0. The Balaban J connectivity index is 0.902. The van der Waals surface area contributed by atoms with Crippen molar-refractivity contribution in [2.75, 3.05) is 4.90 Å². The van der Waals surface area contributed by atoms with Gasteiger partial charge in [-0.15, -0.1) is 0 Å². The van der Waals surface area contributed by atoms with Crippen molar-refractivity contribution < 1.29 is 4.42 Å². The molecule has 2 heterocycles. The molecule has 3 nitrogen and oxygen atoms in total. The number of hydrogen-bond donors (Lipinski definition) is 0. The van der Waals surface area contributed by atoms with E-state index in [1.807, 2.05) is 12.1 Å². The SMILES string of the molecule is c1ccc(-c2ccc(-c3ccc(N(c4ccc(-c5ccc6c(c5)oc5ccccc56)cc4)c4ccc(-c5ccc6c(c5)c5ccccc5n6-c5ccccc5)cc4)cc3)cc2)cc1. The Morgan fingerprint density at radius 1 is 0.270 bits per heavy atom. The van der Waals surface area contributed by atoms with Crippen LogP contribution in [0.25, 0.3) is 93.9 Å². The van der Waals surface area contributed by atoms with Crippen LogP contribution in [0.2, 0.25) is 0 Å². The lowest BCUT2D eigenvalue weighted by Crippen LogP contribution is -2.09. The summed E-state index contributed by atoms with van der Waals surface area (Å²) < 4.78 is 8.62. The first kappa shape index (κ1) is 36.5. The van der Waals surface area contributed by atoms with Crippen LogP contribution in [-0.4, -0.2) is 4.57 Å². The molecule has 0 aliphatic rings. The van der Waals surface area contributed by atoms with Gasteiger partial charge in [0.05, 0.1) is 11.0 Å². The maximum Gasteiger partial charge on any atom is 0.136 e. The highest BCUT2D eigenvalue weighted by molar-refractivity contribution is 6.10. The first-order chi connectivity index (χ1) is 31.2. The maximum absolute atomic E-state index is 6.25. The van der Waals surface area contributed by atoms with Crippen LogP contribution >= 0.6 is 0 Å². The molecule has 0 fully saturated rings. The van der Waals surface area contributed by atoms with Gasteiger partial charge in [-0.3, -0.25) is 0 Å². The molecule has 3 heteroatoms. The Hall–Kier alpha value is -8.40. The third-order valence-corrected chi connectivity index (χ3v) is 12.4. The lowest BCUT2D eigenvalue weighted by molar-refractivity contribution is 0.669. The summed E-state index contributed by atoms with van der Waals surface area (Å²) in [5.74, 6) is 0. The fourth-order valence-electron chi connectivity index (χ4n) is 9.25. The minimum atomic E-state index is 0.899. The van der Waals surface area contributed by atoms with Crippen LogP contribution < -0.4 is 4.90 Å². The molecule has 10 aromatic carbocycles. The molecular formula is C60H40N2O. The highest BCUT2D eigenvalue weighted by Crippen LogP contribution is 2.40. The quantitative estimate of drug-likeness (QED) is 0.153. The van der Waals surface area contributed by atoms with Gasteiger partial charge in [0, 0.05) is 44.3 Å². The number of benzene rings is 10. The predicted molar refractivity (Wildman–Crippen MR) is 264 cm³/mol. The molecule has 0 aliphatic heterocycles. The van der Waals surface area contributed by atoms with E-state index >= 15 is 0 Å². The Morgan fingerprint density at radius 3 is 1.30 bits per heavy atom.